The maximum atomic E-state index is 13.5. The average molecular weight is 1050 g/mol. The van der Waals surface area contributed by atoms with Crippen LogP contribution < -0.4 is 10.2 Å². The SMILES string of the molecule is CCCC/C=C\CCCCCCCC(=O)OC(/C=C\CCCCCCCCCCC)C(COP(=O)([O-])OCC[N+](C)(C)C)NC(=O)CCCCCCCCCCCCCCCCC/C=C/CCCCCCCC. The van der Waals surface area contributed by atoms with Gasteiger partial charge in [0, 0.05) is 12.8 Å². The molecule has 0 aromatic carbocycles. The molecule has 3 unspecified atom stereocenters. The second-order valence-corrected chi connectivity index (χ2v) is 24.0. The monoisotopic (exact) mass is 1050 g/mol. The molecular weight excluding hydrogens is 928 g/mol. The number of phosphoric acid groups is 1. The van der Waals surface area contributed by atoms with Gasteiger partial charge in [-0.15, -0.1) is 0 Å². The summed E-state index contributed by atoms with van der Waals surface area (Å²) in [6, 6.07) is -0.887. The van der Waals surface area contributed by atoms with Crippen molar-refractivity contribution in [2.24, 2.45) is 0 Å². The molecule has 0 aliphatic carbocycles. The molecule has 0 aromatic heterocycles. The van der Waals surface area contributed by atoms with E-state index in [0.717, 1.165) is 83.5 Å². The van der Waals surface area contributed by atoms with Crippen molar-refractivity contribution in [3.8, 4) is 0 Å². The highest BCUT2D eigenvalue weighted by Gasteiger charge is 2.27. The summed E-state index contributed by atoms with van der Waals surface area (Å²) in [7, 11) is 1.19. The van der Waals surface area contributed by atoms with Gasteiger partial charge in [-0.25, -0.2) is 0 Å². The zero-order valence-electron chi connectivity index (χ0n) is 49.1. The highest BCUT2D eigenvalue weighted by atomic mass is 31.2. The molecular formula is C63H121N2O7P. The number of hydrogen-bond acceptors (Lipinski definition) is 7. The summed E-state index contributed by atoms with van der Waals surface area (Å²) >= 11 is 0. The van der Waals surface area contributed by atoms with E-state index in [9.17, 15) is 19.0 Å². The van der Waals surface area contributed by atoms with Gasteiger partial charge in [0.1, 0.15) is 19.3 Å². The molecule has 0 aliphatic rings. The molecule has 0 fully saturated rings. The fourth-order valence-electron chi connectivity index (χ4n) is 9.15. The molecule has 0 bridgehead atoms. The fraction of sp³-hybridized carbons (Fsp3) is 0.873. The zero-order chi connectivity index (χ0) is 53.6. The number of phosphoric ester groups is 1. The van der Waals surface area contributed by atoms with Crippen LogP contribution in [0, 0.1) is 0 Å². The maximum absolute atomic E-state index is 13.5. The Morgan fingerprint density at radius 2 is 0.808 bits per heavy atom. The normalized spacial score (nSPS) is 13.9. The molecule has 3 atom stereocenters. The number of carbonyl (C=O) groups is 2. The fourth-order valence-corrected chi connectivity index (χ4v) is 9.87. The first-order valence-electron chi connectivity index (χ1n) is 31.3. The molecule has 0 aromatic rings. The van der Waals surface area contributed by atoms with Crippen molar-refractivity contribution >= 4 is 19.7 Å². The Hall–Kier alpha value is -1.77. The van der Waals surface area contributed by atoms with Gasteiger partial charge in [-0.05, 0) is 76.7 Å². The van der Waals surface area contributed by atoms with Crippen molar-refractivity contribution in [3.05, 3.63) is 36.5 Å². The van der Waals surface area contributed by atoms with Crippen LogP contribution in [0.3, 0.4) is 0 Å². The van der Waals surface area contributed by atoms with Gasteiger partial charge in [-0.1, -0.05) is 250 Å². The highest BCUT2D eigenvalue weighted by Crippen LogP contribution is 2.38. The Labute approximate surface area is 453 Å². The van der Waals surface area contributed by atoms with E-state index in [0.29, 0.717) is 17.4 Å². The van der Waals surface area contributed by atoms with Gasteiger partial charge in [-0.3, -0.25) is 14.2 Å². The van der Waals surface area contributed by atoms with Crippen LogP contribution in [0.25, 0.3) is 0 Å². The molecule has 0 aliphatic heterocycles. The lowest BCUT2D eigenvalue weighted by molar-refractivity contribution is -0.870. The predicted octanol–water partition coefficient (Wildman–Crippen LogP) is 18.5. The van der Waals surface area contributed by atoms with Crippen LogP contribution in [0.4, 0.5) is 0 Å². The average Bonchev–Trinajstić information content (AvgIpc) is 3.35. The van der Waals surface area contributed by atoms with Crippen molar-refractivity contribution in [1.29, 1.82) is 0 Å². The first-order valence-corrected chi connectivity index (χ1v) is 32.8. The van der Waals surface area contributed by atoms with E-state index in [1.807, 2.05) is 33.3 Å². The first kappa shape index (κ1) is 71.2. The van der Waals surface area contributed by atoms with E-state index in [-0.39, 0.29) is 31.5 Å². The second kappa shape index (κ2) is 53.6. The number of likely N-dealkylation sites (N-methyl/N-ethyl adjacent to an activating group) is 1. The standard InChI is InChI=1S/C63H121N2O7P/c1-7-10-13-16-19-22-25-26-27-28-29-30-31-32-33-34-35-36-37-38-41-43-46-49-52-55-62(66)64-60(59-71-73(68,69)70-58-57-65(4,5)6)61(54-51-48-45-42-39-23-20-17-14-11-8-2)72-63(67)56-53-50-47-44-40-24-21-18-15-12-9-3/h18,21,26-27,51,54,60-61H,7-17,19-20,22-25,28-50,52-53,55-59H2,1-6H3,(H-,64,66,68,69)/b21-18-,27-26+,54-51-. The van der Waals surface area contributed by atoms with Gasteiger partial charge in [-0.2, -0.15) is 0 Å². The largest absolute Gasteiger partial charge is 0.756 e. The number of allylic oxidation sites excluding steroid dienone is 5. The van der Waals surface area contributed by atoms with Gasteiger partial charge in [0.05, 0.1) is 33.8 Å². The smallest absolute Gasteiger partial charge is 0.306 e. The Bertz CT molecular complexity index is 1350. The molecule has 0 rings (SSSR count). The minimum absolute atomic E-state index is 0.0217. The lowest BCUT2D eigenvalue weighted by Crippen LogP contribution is -2.47. The Morgan fingerprint density at radius 3 is 1.21 bits per heavy atom. The molecule has 0 saturated carbocycles. The minimum Gasteiger partial charge on any atom is -0.756 e. The molecule has 0 radical (unpaired) electrons. The summed E-state index contributed by atoms with van der Waals surface area (Å²) in [6.07, 6.45) is 64.1. The second-order valence-electron chi connectivity index (χ2n) is 22.6. The van der Waals surface area contributed by atoms with Crippen molar-refractivity contribution in [2.45, 2.75) is 315 Å². The van der Waals surface area contributed by atoms with Crippen LogP contribution in [0.15, 0.2) is 36.5 Å². The Balaban J connectivity index is 5.00. The molecule has 1 amide bonds. The number of rotatable bonds is 57. The van der Waals surface area contributed by atoms with Crippen molar-refractivity contribution in [1.82, 2.24) is 5.32 Å². The number of unbranched alkanes of at least 4 members (excludes halogenated alkanes) is 37. The zero-order valence-corrected chi connectivity index (χ0v) is 50.0. The molecule has 10 heteroatoms. The van der Waals surface area contributed by atoms with E-state index in [4.69, 9.17) is 13.8 Å². The van der Waals surface area contributed by atoms with Crippen LogP contribution in [0.2, 0.25) is 0 Å². The summed E-state index contributed by atoms with van der Waals surface area (Å²) in [5.41, 5.74) is 0. The number of hydrogen-bond donors (Lipinski definition) is 1. The summed E-state index contributed by atoms with van der Waals surface area (Å²) in [5.74, 6) is -0.543. The quantitative estimate of drug-likeness (QED) is 0.0212. The molecule has 0 heterocycles. The van der Waals surface area contributed by atoms with Crippen molar-refractivity contribution < 1.29 is 37.3 Å². The van der Waals surface area contributed by atoms with Crippen molar-refractivity contribution in [3.63, 3.8) is 0 Å². The van der Waals surface area contributed by atoms with Gasteiger partial charge < -0.3 is 28.5 Å². The summed E-state index contributed by atoms with van der Waals surface area (Å²) in [4.78, 5) is 39.8. The molecule has 9 nitrogen and oxygen atoms in total. The summed E-state index contributed by atoms with van der Waals surface area (Å²) in [6.45, 7) is 6.81. The number of carbonyl (C=O) groups excluding carboxylic acids is 2. The van der Waals surface area contributed by atoms with Crippen LogP contribution in [-0.4, -0.2) is 69.4 Å². The summed E-state index contributed by atoms with van der Waals surface area (Å²) in [5, 5.41) is 3.03. The third-order valence-corrected chi connectivity index (χ3v) is 15.0. The molecule has 430 valence electrons. The van der Waals surface area contributed by atoms with Gasteiger partial charge >= 0.3 is 5.97 Å². The lowest BCUT2D eigenvalue weighted by Gasteiger charge is -2.30. The molecule has 1 N–H and O–H groups in total. The number of esters is 1. The van der Waals surface area contributed by atoms with Crippen LogP contribution in [0.1, 0.15) is 303 Å². The van der Waals surface area contributed by atoms with Crippen molar-refractivity contribution in [2.75, 3.05) is 40.9 Å². The third-order valence-electron chi connectivity index (χ3n) is 14.0. The number of nitrogens with zero attached hydrogens (tertiary/aromatic N) is 1. The van der Waals surface area contributed by atoms with Crippen LogP contribution in [0.5, 0.6) is 0 Å². The van der Waals surface area contributed by atoms with Gasteiger partial charge in [0.2, 0.25) is 5.91 Å². The maximum Gasteiger partial charge on any atom is 0.306 e. The van der Waals surface area contributed by atoms with E-state index >= 15 is 0 Å². The number of amides is 1. The first-order chi connectivity index (χ1) is 35.4. The van der Waals surface area contributed by atoms with E-state index < -0.39 is 20.0 Å². The Kier molecular flexibility index (Phi) is 52.3. The Morgan fingerprint density at radius 1 is 0.466 bits per heavy atom. The van der Waals surface area contributed by atoms with E-state index in [2.05, 4.69) is 50.4 Å². The van der Waals surface area contributed by atoms with E-state index in [1.54, 1.807) is 0 Å². The van der Waals surface area contributed by atoms with Crippen LogP contribution >= 0.6 is 7.82 Å². The molecule has 73 heavy (non-hydrogen) atoms. The van der Waals surface area contributed by atoms with Gasteiger partial charge in [0.25, 0.3) is 7.82 Å². The van der Waals surface area contributed by atoms with Crippen LogP contribution in [-0.2, 0) is 27.9 Å². The molecule has 0 spiro atoms. The number of nitrogens with one attached hydrogen (secondary N) is 1. The predicted molar refractivity (Wildman–Crippen MR) is 312 cm³/mol. The number of quaternary nitrogens is 1. The minimum atomic E-state index is -4.69. The number of ether oxygens (including phenoxy) is 1. The summed E-state index contributed by atoms with van der Waals surface area (Å²) < 4.78 is 30.2. The third kappa shape index (κ3) is 54.8. The van der Waals surface area contributed by atoms with E-state index in [1.165, 1.54) is 186 Å². The van der Waals surface area contributed by atoms with Gasteiger partial charge in [0.15, 0.2) is 0 Å². The highest BCUT2D eigenvalue weighted by molar-refractivity contribution is 7.45. The lowest BCUT2D eigenvalue weighted by atomic mass is 10.0. The topological polar surface area (TPSA) is 114 Å². The molecule has 0 saturated heterocycles.